The van der Waals surface area contributed by atoms with E-state index in [1.807, 2.05) is 0 Å². The summed E-state index contributed by atoms with van der Waals surface area (Å²) in [4.78, 5) is 11.2. The number of hydrogen-bond donors (Lipinski definition) is 0. The zero-order chi connectivity index (χ0) is 10.4. The lowest BCUT2D eigenvalue weighted by molar-refractivity contribution is -0.152. The number of esters is 1. The first-order valence-electron chi connectivity index (χ1n) is 3.96. The van der Waals surface area contributed by atoms with Gasteiger partial charge in [-0.2, -0.15) is 0 Å². The molecule has 0 atom stereocenters. The fourth-order valence-corrected chi connectivity index (χ4v) is 0.820. The van der Waals surface area contributed by atoms with Gasteiger partial charge in [-0.1, -0.05) is 0 Å². The number of carbonyl (C=O) groups is 1. The van der Waals surface area contributed by atoms with Crippen LogP contribution in [-0.4, -0.2) is 33.5 Å². The van der Waals surface area contributed by atoms with E-state index in [0.717, 1.165) is 0 Å². The van der Waals surface area contributed by atoms with Crippen molar-refractivity contribution in [2.24, 2.45) is 0 Å². The Balaban J connectivity index is 2.71. The van der Waals surface area contributed by atoms with Gasteiger partial charge in [0.05, 0.1) is 7.11 Å². The van der Waals surface area contributed by atoms with Crippen molar-refractivity contribution in [1.29, 1.82) is 0 Å². The lowest BCUT2D eigenvalue weighted by Gasteiger charge is -2.09. The first-order chi connectivity index (χ1) is 6.75. The van der Waals surface area contributed by atoms with Crippen LogP contribution in [0.4, 0.5) is 0 Å². The molecule has 1 rings (SSSR count). The van der Waals surface area contributed by atoms with Crippen LogP contribution in [0.15, 0.2) is 11.5 Å². The highest BCUT2D eigenvalue weighted by atomic mass is 16.8. The molecule has 0 spiro atoms. The summed E-state index contributed by atoms with van der Waals surface area (Å²) in [5.74, 6) is -0.298. The maximum absolute atomic E-state index is 11.2. The van der Waals surface area contributed by atoms with Gasteiger partial charge in [0, 0.05) is 0 Å². The largest absolute Gasteiger partial charge is 0.468 e. The summed E-state index contributed by atoms with van der Waals surface area (Å²) in [5, 5.41) is 0. The van der Waals surface area contributed by atoms with Crippen LogP contribution in [-0.2, 0) is 28.5 Å². The van der Waals surface area contributed by atoms with E-state index in [9.17, 15) is 4.79 Å². The van der Waals surface area contributed by atoms with Crippen LogP contribution >= 0.6 is 0 Å². The van der Waals surface area contributed by atoms with Crippen LogP contribution in [0.5, 0.6) is 0 Å². The van der Waals surface area contributed by atoms with Gasteiger partial charge in [0.25, 0.3) is 0 Å². The molecule has 0 amide bonds. The van der Waals surface area contributed by atoms with E-state index < -0.39 is 5.97 Å². The fraction of sp³-hybridized carbons (Fsp3) is 0.625. The third kappa shape index (κ3) is 2.90. The zero-order valence-electron chi connectivity index (χ0n) is 8.07. The van der Waals surface area contributed by atoms with Gasteiger partial charge in [-0.3, -0.25) is 0 Å². The van der Waals surface area contributed by atoms with Crippen LogP contribution in [0.3, 0.4) is 0 Å². The second-order valence-corrected chi connectivity index (χ2v) is 2.43. The molecule has 80 valence electrons. The summed E-state index contributed by atoms with van der Waals surface area (Å²) >= 11 is 0. The van der Waals surface area contributed by atoms with Gasteiger partial charge < -0.3 is 23.7 Å². The Morgan fingerprint density at radius 3 is 2.50 bits per heavy atom. The summed E-state index contributed by atoms with van der Waals surface area (Å²) < 4.78 is 24.3. The van der Waals surface area contributed by atoms with Gasteiger partial charge in [-0.15, -0.1) is 0 Å². The van der Waals surface area contributed by atoms with E-state index in [1.54, 1.807) is 6.92 Å². The molecule has 0 bridgehead atoms. The number of carbonyl (C=O) groups excluding carboxylic acids is 1. The molecule has 1 aliphatic rings. The highest BCUT2D eigenvalue weighted by Crippen LogP contribution is 2.11. The molecule has 1 aliphatic heterocycles. The van der Waals surface area contributed by atoms with Gasteiger partial charge in [0.15, 0.2) is 20.4 Å². The minimum Gasteiger partial charge on any atom is -0.468 e. The fourth-order valence-electron chi connectivity index (χ4n) is 0.820. The van der Waals surface area contributed by atoms with E-state index in [0.29, 0.717) is 5.76 Å². The second kappa shape index (κ2) is 5.46. The Labute approximate surface area is 81.3 Å². The number of rotatable bonds is 1. The minimum atomic E-state index is -0.604. The summed E-state index contributed by atoms with van der Waals surface area (Å²) in [5.41, 5.74) is 0. The molecule has 0 fully saturated rings. The maximum Gasteiger partial charge on any atom is 0.377 e. The molecule has 0 aliphatic carbocycles. The van der Waals surface area contributed by atoms with E-state index in [2.05, 4.69) is 4.74 Å². The van der Waals surface area contributed by atoms with Gasteiger partial charge in [0.2, 0.25) is 5.76 Å². The van der Waals surface area contributed by atoms with Crippen molar-refractivity contribution in [3.05, 3.63) is 11.5 Å². The van der Waals surface area contributed by atoms with E-state index in [1.165, 1.54) is 7.11 Å². The number of hydrogen-bond acceptors (Lipinski definition) is 6. The molecule has 0 aromatic heterocycles. The van der Waals surface area contributed by atoms with Gasteiger partial charge in [-0.25, -0.2) is 4.79 Å². The molecule has 0 saturated carbocycles. The molecule has 0 saturated heterocycles. The van der Waals surface area contributed by atoms with E-state index in [4.69, 9.17) is 18.9 Å². The van der Waals surface area contributed by atoms with Gasteiger partial charge in [0.1, 0.15) is 5.76 Å². The Morgan fingerprint density at radius 2 is 1.86 bits per heavy atom. The van der Waals surface area contributed by atoms with Crippen LogP contribution in [0, 0.1) is 0 Å². The van der Waals surface area contributed by atoms with Crippen LogP contribution in [0.2, 0.25) is 0 Å². The molecular weight excluding hydrogens is 192 g/mol. The lowest BCUT2D eigenvalue weighted by atomic mass is 10.4. The number of methoxy groups -OCH3 is 1. The topological polar surface area (TPSA) is 63.2 Å². The Kier molecular flexibility index (Phi) is 4.21. The van der Waals surface area contributed by atoms with Crippen molar-refractivity contribution in [2.45, 2.75) is 6.92 Å². The second-order valence-electron chi connectivity index (χ2n) is 2.43. The van der Waals surface area contributed by atoms with E-state index in [-0.39, 0.29) is 26.1 Å². The molecule has 0 N–H and O–H groups in total. The van der Waals surface area contributed by atoms with Crippen molar-refractivity contribution >= 4 is 5.97 Å². The van der Waals surface area contributed by atoms with Crippen molar-refractivity contribution in [3.63, 3.8) is 0 Å². The zero-order valence-corrected chi connectivity index (χ0v) is 8.07. The standard InChI is InChI=1S/C8H12O6/c1-6-7(8(9)10-2)14-5-12-3-11-4-13-6/h3-5H2,1-2H3/b7-6-. The first-order valence-corrected chi connectivity index (χ1v) is 3.96. The molecule has 14 heavy (non-hydrogen) atoms. The normalized spacial score (nSPS) is 23.6. The highest BCUT2D eigenvalue weighted by Gasteiger charge is 2.17. The summed E-state index contributed by atoms with van der Waals surface area (Å²) in [6.45, 7) is 1.57. The van der Waals surface area contributed by atoms with Gasteiger partial charge in [-0.05, 0) is 6.92 Å². The molecule has 0 aromatic rings. The van der Waals surface area contributed by atoms with Crippen molar-refractivity contribution < 1.29 is 28.5 Å². The first kappa shape index (κ1) is 10.8. The lowest BCUT2D eigenvalue weighted by Crippen LogP contribution is -2.12. The molecule has 0 aromatic carbocycles. The predicted octanol–water partition coefficient (Wildman–Crippen LogP) is 0.343. The van der Waals surface area contributed by atoms with Gasteiger partial charge >= 0.3 is 5.97 Å². The monoisotopic (exact) mass is 204 g/mol. The molecule has 0 radical (unpaired) electrons. The summed E-state index contributed by atoms with van der Waals surface area (Å²) in [6.07, 6.45) is 0. The van der Waals surface area contributed by atoms with E-state index >= 15 is 0 Å². The average Bonchev–Trinajstić information content (AvgIpc) is 2.29. The predicted molar refractivity (Wildman–Crippen MR) is 43.7 cm³/mol. The Morgan fingerprint density at radius 1 is 1.21 bits per heavy atom. The SMILES string of the molecule is COC(=O)/C1=C(\C)OCOCOCO1. The Bertz CT molecular complexity index is 234. The van der Waals surface area contributed by atoms with Crippen LogP contribution in [0.1, 0.15) is 6.92 Å². The molecule has 6 nitrogen and oxygen atoms in total. The van der Waals surface area contributed by atoms with Crippen LogP contribution < -0.4 is 0 Å². The smallest absolute Gasteiger partial charge is 0.377 e. The minimum absolute atomic E-state index is 0.00185. The van der Waals surface area contributed by atoms with Crippen molar-refractivity contribution in [1.82, 2.24) is 0 Å². The summed E-state index contributed by atoms with van der Waals surface area (Å²) in [6, 6.07) is 0. The molecule has 6 heteroatoms. The number of ether oxygens (including phenoxy) is 5. The summed E-state index contributed by atoms with van der Waals surface area (Å²) in [7, 11) is 1.26. The average molecular weight is 204 g/mol. The van der Waals surface area contributed by atoms with Crippen molar-refractivity contribution in [3.8, 4) is 0 Å². The number of allylic oxidation sites excluding steroid dienone is 1. The highest BCUT2D eigenvalue weighted by molar-refractivity contribution is 5.86. The van der Waals surface area contributed by atoms with Crippen molar-refractivity contribution in [2.75, 3.05) is 27.5 Å². The quantitative estimate of drug-likeness (QED) is 0.574. The molecule has 0 unspecified atom stereocenters. The molecular formula is C8H12O6. The third-order valence-corrected chi connectivity index (χ3v) is 1.50. The molecule has 1 heterocycles. The third-order valence-electron chi connectivity index (χ3n) is 1.50. The Hall–Kier alpha value is -1.27. The van der Waals surface area contributed by atoms with Crippen LogP contribution in [0.25, 0.3) is 0 Å². The maximum atomic E-state index is 11.2.